The fraction of sp³-hybridized carbons (Fsp3) is 0.474. The van der Waals surface area contributed by atoms with Crippen LogP contribution in [0.3, 0.4) is 0 Å². The first-order valence-electron chi connectivity index (χ1n) is 8.02. The number of nitrogens with zero attached hydrogens (tertiary/aromatic N) is 2. The van der Waals surface area contributed by atoms with Gasteiger partial charge < -0.3 is 9.42 Å². The maximum Gasteiger partial charge on any atom is 0.214 e. The van der Waals surface area contributed by atoms with Crippen molar-refractivity contribution in [1.29, 1.82) is 0 Å². The van der Waals surface area contributed by atoms with Crippen molar-refractivity contribution in [2.45, 2.75) is 53.5 Å². The number of benzene rings is 1. The number of rotatable bonds is 5. The standard InChI is InChI=1S/C19H25ClN2O2/c1-13-17(22(12-23)19(5,6)11-18(2,3)4)16(21-24-13)14-9-7-8-10-15(14)20/h7-10,12H,11H2,1-6H3. The third-order valence-corrected chi connectivity index (χ3v) is 4.25. The number of hydrogen-bond acceptors (Lipinski definition) is 3. The van der Waals surface area contributed by atoms with Crippen LogP contribution < -0.4 is 4.90 Å². The lowest BCUT2D eigenvalue weighted by Gasteiger charge is -2.40. The van der Waals surface area contributed by atoms with E-state index in [4.69, 9.17) is 16.1 Å². The molecule has 0 aliphatic heterocycles. The topological polar surface area (TPSA) is 46.3 Å². The third-order valence-electron chi connectivity index (χ3n) is 3.92. The Labute approximate surface area is 148 Å². The van der Waals surface area contributed by atoms with Gasteiger partial charge in [-0.3, -0.25) is 4.79 Å². The normalized spacial score (nSPS) is 12.3. The molecule has 130 valence electrons. The highest BCUT2D eigenvalue weighted by molar-refractivity contribution is 6.33. The van der Waals surface area contributed by atoms with Crippen LogP contribution in [-0.4, -0.2) is 17.1 Å². The Bertz CT molecular complexity index is 729. The van der Waals surface area contributed by atoms with E-state index in [0.29, 0.717) is 22.2 Å². The number of amides is 1. The highest BCUT2D eigenvalue weighted by atomic mass is 35.5. The van der Waals surface area contributed by atoms with Crippen LogP contribution in [0.5, 0.6) is 0 Å². The molecule has 0 radical (unpaired) electrons. The highest BCUT2D eigenvalue weighted by Gasteiger charge is 2.35. The van der Waals surface area contributed by atoms with Gasteiger partial charge in [0.2, 0.25) is 6.41 Å². The molecule has 2 rings (SSSR count). The molecule has 5 heteroatoms. The predicted molar refractivity (Wildman–Crippen MR) is 98.4 cm³/mol. The van der Waals surface area contributed by atoms with Crippen molar-refractivity contribution in [2.24, 2.45) is 5.41 Å². The summed E-state index contributed by atoms with van der Waals surface area (Å²) < 4.78 is 5.40. The summed E-state index contributed by atoms with van der Waals surface area (Å²) in [6.07, 6.45) is 1.68. The summed E-state index contributed by atoms with van der Waals surface area (Å²) in [6.45, 7) is 12.4. The molecule has 0 fully saturated rings. The largest absolute Gasteiger partial charge is 0.359 e. The second-order valence-corrected chi connectivity index (χ2v) is 8.35. The number of halogens is 1. The molecule has 0 aliphatic carbocycles. The molecule has 0 saturated carbocycles. The van der Waals surface area contributed by atoms with E-state index in [1.54, 1.807) is 11.0 Å². The number of hydrogen-bond donors (Lipinski definition) is 0. The van der Waals surface area contributed by atoms with Crippen LogP contribution in [0.25, 0.3) is 11.3 Å². The summed E-state index contributed by atoms with van der Waals surface area (Å²) in [7, 11) is 0. The maximum absolute atomic E-state index is 12.0. The van der Waals surface area contributed by atoms with Gasteiger partial charge in [0.15, 0.2) is 5.76 Å². The number of anilines is 1. The molecule has 0 spiro atoms. The van der Waals surface area contributed by atoms with E-state index in [2.05, 4.69) is 39.8 Å². The molecule has 1 aromatic carbocycles. The van der Waals surface area contributed by atoms with Crippen LogP contribution in [-0.2, 0) is 4.79 Å². The second kappa shape index (κ2) is 6.60. The van der Waals surface area contributed by atoms with Crippen molar-refractivity contribution in [1.82, 2.24) is 5.16 Å². The molecule has 0 saturated heterocycles. The Balaban J connectivity index is 2.57. The van der Waals surface area contributed by atoms with Crippen LogP contribution in [0, 0.1) is 12.3 Å². The van der Waals surface area contributed by atoms with Crippen LogP contribution in [0.15, 0.2) is 28.8 Å². The summed E-state index contributed by atoms with van der Waals surface area (Å²) in [5, 5.41) is 4.74. The van der Waals surface area contributed by atoms with Gasteiger partial charge in [0.05, 0.1) is 5.02 Å². The average molecular weight is 349 g/mol. The first-order valence-corrected chi connectivity index (χ1v) is 8.40. The van der Waals surface area contributed by atoms with Crippen LogP contribution >= 0.6 is 11.6 Å². The van der Waals surface area contributed by atoms with Crippen molar-refractivity contribution in [3.63, 3.8) is 0 Å². The van der Waals surface area contributed by atoms with Gasteiger partial charge in [-0.05, 0) is 38.7 Å². The predicted octanol–water partition coefficient (Wildman–Crippen LogP) is 5.48. The summed E-state index contributed by atoms with van der Waals surface area (Å²) in [4.78, 5) is 13.7. The van der Waals surface area contributed by atoms with Crippen molar-refractivity contribution in [3.8, 4) is 11.3 Å². The number of carbonyl (C=O) groups excluding carboxylic acids is 1. The zero-order chi connectivity index (χ0) is 18.1. The highest BCUT2D eigenvalue weighted by Crippen LogP contribution is 2.41. The molecule has 0 N–H and O–H groups in total. The molecular formula is C19H25ClN2O2. The molecule has 4 nitrogen and oxygen atoms in total. The lowest BCUT2D eigenvalue weighted by Crippen LogP contribution is -2.46. The molecule has 0 bridgehead atoms. The average Bonchev–Trinajstić information content (AvgIpc) is 2.79. The Hall–Kier alpha value is -1.81. The minimum atomic E-state index is -0.397. The molecule has 2 aromatic rings. The van der Waals surface area contributed by atoms with E-state index >= 15 is 0 Å². The number of aryl methyl sites for hydroxylation is 1. The van der Waals surface area contributed by atoms with Crippen LogP contribution in [0.4, 0.5) is 5.69 Å². The van der Waals surface area contributed by atoms with Gasteiger partial charge in [0.1, 0.15) is 11.4 Å². The van der Waals surface area contributed by atoms with Gasteiger partial charge in [-0.2, -0.15) is 0 Å². The number of aromatic nitrogens is 1. The van der Waals surface area contributed by atoms with Crippen molar-refractivity contribution in [2.75, 3.05) is 4.90 Å². The van der Waals surface area contributed by atoms with Gasteiger partial charge in [0.25, 0.3) is 0 Å². The first-order chi connectivity index (χ1) is 11.1. The molecule has 0 atom stereocenters. The molecule has 0 unspecified atom stereocenters. The van der Waals surface area contributed by atoms with Gasteiger partial charge in [-0.15, -0.1) is 0 Å². The third kappa shape index (κ3) is 3.81. The summed E-state index contributed by atoms with van der Waals surface area (Å²) in [6, 6.07) is 7.43. The maximum atomic E-state index is 12.0. The van der Waals surface area contributed by atoms with E-state index < -0.39 is 5.54 Å². The van der Waals surface area contributed by atoms with E-state index in [0.717, 1.165) is 18.4 Å². The van der Waals surface area contributed by atoms with Gasteiger partial charge in [0, 0.05) is 11.1 Å². The van der Waals surface area contributed by atoms with E-state index in [-0.39, 0.29) is 5.41 Å². The van der Waals surface area contributed by atoms with E-state index in [1.807, 2.05) is 25.1 Å². The van der Waals surface area contributed by atoms with Crippen LogP contribution in [0.2, 0.25) is 5.02 Å². The summed E-state index contributed by atoms with van der Waals surface area (Å²) in [5.41, 5.74) is 1.69. The van der Waals surface area contributed by atoms with E-state index in [1.165, 1.54) is 0 Å². The number of carbonyl (C=O) groups is 1. The zero-order valence-electron chi connectivity index (χ0n) is 15.2. The van der Waals surface area contributed by atoms with Gasteiger partial charge in [-0.25, -0.2) is 0 Å². The Morgan fingerprint density at radius 1 is 1.21 bits per heavy atom. The molecule has 1 amide bonds. The Morgan fingerprint density at radius 2 is 1.83 bits per heavy atom. The van der Waals surface area contributed by atoms with Gasteiger partial charge in [-0.1, -0.05) is 55.7 Å². The Kier molecular flexibility index (Phi) is 5.09. The molecule has 0 aliphatic rings. The SMILES string of the molecule is Cc1onc(-c2ccccc2Cl)c1N(C=O)C(C)(C)CC(C)(C)C. The van der Waals surface area contributed by atoms with Crippen LogP contribution in [0.1, 0.15) is 46.8 Å². The monoisotopic (exact) mass is 348 g/mol. The molecular weight excluding hydrogens is 324 g/mol. The summed E-state index contributed by atoms with van der Waals surface area (Å²) >= 11 is 6.32. The van der Waals surface area contributed by atoms with Gasteiger partial charge >= 0.3 is 0 Å². The second-order valence-electron chi connectivity index (χ2n) is 7.94. The van der Waals surface area contributed by atoms with E-state index in [9.17, 15) is 4.79 Å². The fourth-order valence-electron chi connectivity index (χ4n) is 3.36. The zero-order valence-corrected chi connectivity index (χ0v) is 15.9. The minimum absolute atomic E-state index is 0.0698. The van der Waals surface area contributed by atoms with Crippen molar-refractivity contribution >= 4 is 23.7 Å². The minimum Gasteiger partial charge on any atom is -0.359 e. The molecule has 1 aromatic heterocycles. The van der Waals surface area contributed by atoms with Crippen molar-refractivity contribution < 1.29 is 9.32 Å². The summed E-state index contributed by atoms with van der Waals surface area (Å²) in [5.74, 6) is 0.596. The lowest BCUT2D eigenvalue weighted by molar-refractivity contribution is -0.108. The fourth-order valence-corrected chi connectivity index (χ4v) is 3.59. The molecule has 1 heterocycles. The lowest BCUT2D eigenvalue weighted by atomic mass is 9.80. The first kappa shape index (κ1) is 18.5. The van der Waals surface area contributed by atoms with Crippen molar-refractivity contribution in [3.05, 3.63) is 35.0 Å². The smallest absolute Gasteiger partial charge is 0.214 e. The Morgan fingerprint density at radius 3 is 2.38 bits per heavy atom. The molecule has 24 heavy (non-hydrogen) atoms. The quantitative estimate of drug-likeness (QED) is 0.672.